The molecular formula is C13H17BrN2O3S. The van der Waals surface area contributed by atoms with Gasteiger partial charge in [0.25, 0.3) is 0 Å². The van der Waals surface area contributed by atoms with E-state index in [0.29, 0.717) is 19.5 Å². The monoisotopic (exact) mass is 360 g/mol. The highest BCUT2D eigenvalue weighted by Crippen LogP contribution is 2.28. The first kappa shape index (κ1) is 15.3. The molecule has 1 aromatic rings. The van der Waals surface area contributed by atoms with Gasteiger partial charge in [0.05, 0.1) is 10.3 Å². The van der Waals surface area contributed by atoms with Gasteiger partial charge < -0.3 is 15.3 Å². The third kappa shape index (κ3) is 3.15. The van der Waals surface area contributed by atoms with E-state index in [1.54, 1.807) is 18.3 Å². The van der Waals surface area contributed by atoms with Gasteiger partial charge in [-0.3, -0.25) is 0 Å². The summed E-state index contributed by atoms with van der Waals surface area (Å²) in [5.74, 6) is -0.939. The quantitative estimate of drug-likeness (QED) is 0.870. The minimum absolute atomic E-state index is 0.306. The maximum absolute atomic E-state index is 12.2. The van der Waals surface area contributed by atoms with Gasteiger partial charge >= 0.3 is 12.0 Å². The van der Waals surface area contributed by atoms with Crippen LogP contribution in [0.3, 0.4) is 0 Å². The molecule has 2 heterocycles. The molecule has 1 aliphatic heterocycles. The predicted octanol–water partition coefficient (Wildman–Crippen LogP) is 3.05. The van der Waals surface area contributed by atoms with Crippen molar-refractivity contribution in [3.05, 3.63) is 20.8 Å². The van der Waals surface area contributed by atoms with Crippen LogP contribution in [0.25, 0.3) is 0 Å². The molecule has 110 valence electrons. The van der Waals surface area contributed by atoms with Gasteiger partial charge in [-0.05, 0) is 54.2 Å². The molecule has 5 nitrogen and oxygen atoms in total. The predicted molar refractivity (Wildman–Crippen MR) is 80.9 cm³/mol. The second-order valence-electron chi connectivity index (χ2n) is 5.05. The van der Waals surface area contributed by atoms with E-state index in [1.807, 2.05) is 12.1 Å². The first-order valence-corrected chi connectivity index (χ1v) is 8.07. The van der Waals surface area contributed by atoms with Crippen LogP contribution in [-0.2, 0) is 11.3 Å². The Labute approximate surface area is 130 Å². The van der Waals surface area contributed by atoms with Gasteiger partial charge in [0.1, 0.15) is 5.54 Å². The Morgan fingerprint density at radius 2 is 2.25 bits per heavy atom. The van der Waals surface area contributed by atoms with E-state index in [4.69, 9.17) is 0 Å². The van der Waals surface area contributed by atoms with Crippen LogP contribution >= 0.6 is 27.3 Å². The van der Waals surface area contributed by atoms with E-state index < -0.39 is 11.5 Å². The molecule has 0 spiro atoms. The van der Waals surface area contributed by atoms with Crippen LogP contribution in [0, 0.1) is 0 Å². The molecule has 2 amide bonds. The summed E-state index contributed by atoms with van der Waals surface area (Å²) in [4.78, 5) is 26.2. The first-order chi connectivity index (χ1) is 9.43. The van der Waals surface area contributed by atoms with Crippen LogP contribution in [0.4, 0.5) is 4.79 Å². The van der Waals surface area contributed by atoms with Crippen molar-refractivity contribution in [1.29, 1.82) is 0 Å². The lowest BCUT2D eigenvalue weighted by molar-refractivity contribution is -0.150. The number of carboxylic acids is 1. The zero-order chi connectivity index (χ0) is 14.8. The smallest absolute Gasteiger partial charge is 0.329 e. The van der Waals surface area contributed by atoms with Crippen molar-refractivity contribution in [2.75, 3.05) is 6.54 Å². The van der Waals surface area contributed by atoms with Crippen molar-refractivity contribution in [2.45, 2.75) is 38.3 Å². The second kappa shape index (κ2) is 6.13. The number of aliphatic carboxylic acids is 1. The summed E-state index contributed by atoms with van der Waals surface area (Å²) in [6.45, 7) is 2.53. The second-order valence-corrected chi connectivity index (χ2v) is 7.60. The van der Waals surface area contributed by atoms with Gasteiger partial charge in [-0.2, -0.15) is 0 Å². The molecule has 1 saturated heterocycles. The number of amides is 2. The Balaban J connectivity index is 2.01. The Morgan fingerprint density at radius 3 is 2.85 bits per heavy atom. The Kier molecular flexibility index (Phi) is 4.70. The van der Waals surface area contributed by atoms with Crippen molar-refractivity contribution in [3.63, 3.8) is 0 Å². The number of urea groups is 1. The minimum atomic E-state index is -1.10. The molecule has 0 aliphatic carbocycles. The molecule has 2 rings (SSSR count). The molecule has 1 aliphatic rings. The molecular weight excluding hydrogens is 344 g/mol. The molecule has 20 heavy (non-hydrogen) atoms. The van der Waals surface area contributed by atoms with Crippen LogP contribution < -0.4 is 5.32 Å². The van der Waals surface area contributed by atoms with Gasteiger partial charge in [-0.15, -0.1) is 11.3 Å². The van der Waals surface area contributed by atoms with Crippen molar-refractivity contribution in [3.8, 4) is 0 Å². The van der Waals surface area contributed by atoms with Crippen molar-refractivity contribution >= 4 is 39.3 Å². The van der Waals surface area contributed by atoms with Crippen molar-refractivity contribution in [1.82, 2.24) is 10.2 Å². The van der Waals surface area contributed by atoms with Crippen LogP contribution in [0.15, 0.2) is 15.9 Å². The summed E-state index contributed by atoms with van der Waals surface area (Å²) in [5.41, 5.74) is -1.10. The number of piperidine rings is 1. The topological polar surface area (TPSA) is 69.6 Å². The Hall–Kier alpha value is -1.08. The molecule has 0 aromatic carbocycles. The fourth-order valence-corrected chi connectivity index (χ4v) is 3.80. The number of carbonyl (C=O) groups excluding carboxylic acids is 1. The number of hydrogen-bond donors (Lipinski definition) is 2. The highest BCUT2D eigenvalue weighted by molar-refractivity contribution is 9.11. The largest absolute Gasteiger partial charge is 0.480 e. The summed E-state index contributed by atoms with van der Waals surface area (Å²) in [6.07, 6.45) is 2.19. The molecule has 2 N–H and O–H groups in total. The molecule has 1 aromatic heterocycles. The van der Waals surface area contributed by atoms with Gasteiger partial charge in [-0.25, -0.2) is 9.59 Å². The van der Waals surface area contributed by atoms with Crippen molar-refractivity contribution in [2.24, 2.45) is 0 Å². The fraction of sp³-hybridized carbons (Fsp3) is 0.538. The Bertz CT molecular complexity index is 519. The lowest BCUT2D eigenvalue weighted by Crippen LogP contribution is -2.59. The van der Waals surface area contributed by atoms with Gasteiger partial charge in [0.2, 0.25) is 0 Å². The SMILES string of the molecule is CC1(C(=O)O)CCCCN1C(=O)NCc1ccc(Br)s1. The Morgan fingerprint density at radius 1 is 1.50 bits per heavy atom. The molecule has 1 fully saturated rings. The maximum atomic E-state index is 12.2. The molecule has 0 radical (unpaired) electrons. The van der Waals surface area contributed by atoms with Gasteiger partial charge in [0.15, 0.2) is 0 Å². The summed E-state index contributed by atoms with van der Waals surface area (Å²) in [5, 5.41) is 12.2. The van der Waals surface area contributed by atoms with Gasteiger partial charge in [0, 0.05) is 11.4 Å². The number of carboxylic acid groups (broad SMARTS) is 1. The van der Waals surface area contributed by atoms with E-state index in [0.717, 1.165) is 21.5 Å². The van der Waals surface area contributed by atoms with Crippen LogP contribution in [0.1, 0.15) is 31.1 Å². The third-order valence-electron chi connectivity index (χ3n) is 3.64. The molecule has 7 heteroatoms. The number of hydrogen-bond acceptors (Lipinski definition) is 3. The fourth-order valence-electron chi connectivity index (χ4n) is 2.37. The van der Waals surface area contributed by atoms with E-state index in [9.17, 15) is 14.7 Å². The number of halogens is 1. The van der Waals surface area contributed by atoms with Crippen LogP contribution in [0.2, 0.25) is 0 Å². The summed E-state index contributed by atoms with van der Waals surface area (Å²) in [7, 11) is 0. The van der Waals surface area contributed by atoms with E-state index in [-0.39, 0.29) is 6.03 Å². The maximum Gasteiger partial charge on any atom is 0.329 e. The minimum Gasteiger partial charge on any atom is -0.480 e. The molecule has 0 saturated carbocycles. The zero-order valence-corrected chi connectivity index (χ0v) is 13.6. The lowest BCUT2D eigenvalue weighted by Gasteiger charge is -2.41. The van der Waals surface area contributed by atoms with Crippen molar-refractivity contribution < 1.29 is 14.7 Å². The molecule has 0 bridgehead atoms. The average Bonchev–Trinajstić information content (AvgIpc) is 2.82. The number of nitrogens with zero attached hydrogens (tertiary/aromatic N) is 1. The first-order valence-electron chi connectivity index (χ1n) is 6.46. The number of likely N-dealkylation sites (tertiary alicyclic amines) is 1. The zero-order valence-electron chi connectivity index (χ0n) is 11.2. The number of thiophene rings is 1. The third-order valence-corrected chi connectivity index (χ3v) is 5.26. The average molecular weight is 361 g/mol. The van der Waals surface area contributed by atoms with E-state index in [2.05, 4.69) is 21.2 Å². The lowest BCUT2D eigenvalue weighted by atomic mass is 9.89. The molecule has 1 atom stereocenters. The summed E-state index contributed by atoms with van der Waals surface area (Å²) >= 11 is 4.92. The van der Waals surface area contributed by atoms with E-state index >= 15 is 0 Å². The highest BCUT2D eigenvalue weighted by Gasteiger charge is 2.43. The number of nitrogens with one attached hydrogen (secondary N) is 1. The van der Waals surface area contributed by atoms with E-state index in [1.165, 1.54) is 4.90 Å². The normalized spacial score (nSPS) is 22.6. The van der Waals surface area contributed by atoms with Crippen LogP contribution in [-0.4, -0.2) is 34.1 Å². The van der Waals surface area contributed by atoms with Crippen LogP contribution in [0.5, 0.6) is 0 Å². The number of rotatable bonds is 3. The highest BCUT2D eigenvalue weighted by atomic mass is 79.9. The summed E-state index contributed by atoms with van der Waals surface area (Å²) < 4.78 is 1.01. The molecule has 1 unspecified atom stereocenters. The van der Waals surface area contributed by atoms with Gasteiger partial charge in [-0.1, -0.05) is 0 Å². The number of carbonyl (C=O) groups is 2. The standard InChI is InChI=1S/C13H17BrN2O3S/c1-13(11(17)18)6-2-3-7-16(13)12(19)15-8-9-4-5-10(14)20-9/h4-5H,2-3,6-8H2,1H3,(H,15,19)(H,17,18). The summed E-state index contributed by atoms with van der Waals surface area (Å²) in [6, 6.07) is 3.55.